The number of rotatable bonds is 7. The van der Waals surface area contributed by atoms with Gasteiger partial charge < -0.3 is 15.2 Å². The third-order valence-electron chi connectivity index (χ3n) is 2.38. The largest absolute Gasteiger partial charge is 0.492 e. The highest BCUT2D eigenvalue weighted by Gasteiger charge is 2.05. The fraction of sp³-hybridized carbons (Fsp3) is 0.538. The highest BCUT2D eigenvalue weighted by atomic mass is 16.5. The average Bonchev–Trinajstić information content (AvgIpc) is 2.29. The predicted molar refractivity (Wildman–Crippen MR) is 67.0 cm³/mol. The molecule has 1 rings (SSSR count). The summed E-state index contributed by atoms with van der Waals surface area (Å²) in [4.78, 5) is 0. The van der Waals surface area contributed by atoms with Crippen molar-refractivity contribution in [3.05, 3.63) is 24.3 Å². The molecule has 0 aromatic heterocycles. The van der Waals surface area contributed by atoms with Gasteiger partial charge in [-0.15, -0.1) is 0 Å². The molecule has 0 radical (unpaired) electrons. The third-order valence-corrected chi connectivity index (χ3v) is 2.38. The fourth-order valence-electron chi connectivity index (χ4n) is 1.60. The first-order valence-corrected chi connectivity index (χ1v) is 5.87. The van der Waals surface area contributed by atoms with Crippen LogP contribution in [0.15, 0.2) is 24.3 Å². The van der Waals surface area contributed by atoms with Crippen LogP contribution in [-0.4, -0.2) is 24.4 Å². The molecule has 3 heteroatoms. The lowest BCUT2D eigenvalue weighted by atomic mass is 10.1. The summed E-state index contributed by atoms with van der Waals surface area (Å²) in [5, 5.41) is 12.2. The van der Waals surface area contributed by atoms with Gasteiger partial charge in [0.25, 0.3) is 0 Å². The van der Waals surface area contributed by atoms with E-state index in [1.54, 1.807) is 0 Å². The molecule has 2 N–H and O–H groups in total. The first kappa shape index (κ1) is 12.8. The number of nitrogens with one attached hydrogen (secondary N) is 1. The number of ether oxygens (including phenoxy) is 1. The van der Waals surface area contributed by atoms with Crippen LogP contribution in [0, 0.1) is 0 Å². The number of para-hydroxylation sites is 2. The first-order chi connectivity index (χ1) is 7.77. The van der Waals surface area contributed by atoms with Crippen LogP contribution >= 0.6 is 0 Å². The van der Waals surface area contributed by atoms with Crippen molar-refractivity contribution in [1.82, 2.24) is 0 Å². The number of aliphatic hydroxyl groups is 1. The standard InChI is InChI=1S/C13H21NO2/c1-3-16-13-9-5-4-8-12(13)14-11(2)7-6-10-15/h4-5,8-9,11,14-15H,3,6-7,10H2,1-2H3. The molecule has 0 spiro atoms. The van der Waals surface area contributed by atoms with E-state index < -0.39 is 0 Å². The normalized spacial score (nSPS) is 12.2. The molecule has 0 heterocycles. The van der Waals surface area contributed by atoms with E-state index in [4.69, 9.17) is 9.84 Å². The summed E-state index contributed by atoms with van der Waals surface area (Å²) in [6.45, 7) is 5.01. The maximum absolute atomic E-state index is 8.77. The second-order valence-corrected chi connectivity index (χ2v) is 3.84. The molecule has 0 aliphatic rings. The van der Waals surface area contributed by atoms with Gasteiger partial charge in [0, 0.05) is 12.6 Å². The number of anilines is 1. The van der Waals surface area contributed by atoms with Crippen LogP contribution < -0.4 is 10.1 Å². The number of hydrogen-bond acceptors (Lipinski definition) is 3. The van der Waals surface area contributed by atoms with Crippen molar-refractivity contribution in [2.24, 2.45) is 0 Å². The molecule has 16 heavy (non-hydrogen) atoms. The molecule has 0 saturated heterocycles. The van der Waals surface area contributed by atoms with Gasteiger partial charge in [-0.2, -0.15) is 0 Å². The maximum Gasteiger partial charge on any atom is 0.142 e. The van der Waals surface area contributed by atoms with Crippen LogP contribution in [0.2, 0.25) is 0 Å². The van der Waals surface area contributed by atoms with Crippen molar-refractivity contribution in [2.45, 2.75) is 32.7 Å². The Hall–Kier alpha value is -1.22. The van der Waals surface area contributed by atoms with Crippen molar-refractivity contribution in [3.8, 4) is 5.75 Å². The topological polar surface area (TPSA) is 41.5 Å². The lowest BCUT2D eigenvalue weighted by molar-refractivity contribution is 0.282. The molecule has 0 saturated carbocycles. The molecule has 0 aliphatic heterocycles. The molecule has 0 fully saturated rings. The van der Waals surface area contributed by atoms with Crippen LogP contribution in [0.3, 0.4) is 0 Å². The summed E-state index contributed by atoms with van der Waals surface area (Å²) >= 11 is 0. The number of hydrogen-bond donors (Lipinski definition) is 2. The van der Waals surface area contributed by atoms with E-state index in [0.29, 0.717) is 12.6 Å². The second-order valence-electron chi connectivity index (χ2n) is 3.84. The van der Waals surface area contributed by atoms with Gasteiger partial charge in [0.2, 0.25) is 0 Å². The van der Waals surface area contributed by atoms with Crippen LogP contribution in [0.25, 0.3) is 0 Å². The van der Waals surface area contributed by atoms with Crippen molar-refractivity contribution >= 4 is 5.69 Å². The number of aliphatic hydroxyl groups excluding tert-OH is 1. The van der Waals surface area contributed by atoms with Crippen LogP contribution in [0.4, 0.5) is 5.69 Å². The Morgan fingerprint density at radius 1 is 1.38 bits per heavy atom. The van der Waals surface area contributed by atoms with Gasteiger partial charge in [-0.25, -0.2) is 0 Å². The van der Waals surface area contributed by atoms with Gasteiger partial charge in [-0.05, 0) is 38.8 Å². The Morgan fingerprint density at radius 3 is 2.81 bits per heavy atom. The number of benzene rings is 1. The summed E-state index contributed by atoms with van der Waals surface area (Å²) < 4.78 is 5.53. The molecule has 0 aliphatic carbocycles. The zero-order chi connectivity index (χ0) is 11.8. The third kappa shape index (κ3) is 4.11. The van der Waals surface area contributed by atoms with Gasteiger partial charge in [0.05, 0.1) is 12.3 Å². The molecule has 0 amide bonds. The molecule has 0 bridgehead atoms. The zero-order valence-electron chi connectivity index (χ0n) is 10.1. The van der Waals surface area contributed by atoms with Crippen molar-refractivity contribution in [2.75, 3.05) is 18.5 Å². The monoisotopic (exact) mass is 223 g/mol. The Kier molecular flexibility index (Phi) is 5.72. The lowest BCUT2D eigenvalue weighted by Crippen LogP contribution is -2.16. The summed E-state index contributed by atoms with van der Waals surface area (Å²) in [5.41, 5.74) is 1.02. The Balaban J connectivity index is 2.57. The van der Waals surface area contributed by atoms with E-state index in [1.807, 2.05) is 31.2 Å². The highest BCUT2D eigenvalue weighted by Crippen LogP contribution is 2.24. The molecule has 1 aromatic rings. The second kappa shape index (κ2) is 7.12. The van der Waals surface area contributed by atoms with E-state index in [9.17, 15) is 0 Å². The van der Waals surface area contributed by atoms with Crippen molar-refractivity contribution in [3.63, 3.8) is 0 Å². The maximum atomic E-state index is 8.77. The fourth-order valence-corrected chi connectivity index (χ4v) is 1.60. The molecule has 1 unspecified atom stereocenters. The van der Waals surface area contributed by atoms with Crippen LogP contribution in [0.5, 0.6) is 5.75 Å². The minimum atomic E-state index is 0.249. The Labute approximate surface area is 97.4 Å². The quantitative estimate of drug-likeness (QED) is 0.746. The van der Waals surface area contributed by atoms with Gasteiger partial charge in [0.1, 0.15) is 5.75 Å². The van der Waals surface area contributed by atoms with E-state index >= 15 is 0 Å². The van der Waals surface area contributed by atoms with E-state index in [0.717, 1.165) is 24.3 Å². The molecular formula is C13H21NO2. The summed E-state index contributed by atoms with van der Waals surface area (Å²) in [7, 11) is 0. The van der Waals surface area contributed by atoms with Gasteiger partial charge in [-0.3, -0.25) is 0 Å². The minimum absolute atomic E-state index is 0.249. The van der Waals surface area contributed by atoms with E-state index in [2.05, 4.69) is 12.2 Å². The first-order valence-electron chi connectivity index (χ1n) is 5.87. The van der Waals surface area contributed by atoms with Crippen molar-refractivity contribution in [1.29, 1.82) is 0 Å². The molecule has 90 valence electrons. The lowest BCUT2D eigenvalue weighted by Gasteiger charge is -2.17. The zero-order valence-corrected chi connectivity index (χ0v) is 10.1. The molecule has 1 atom stereocenters. The Bertz CT molecular complexity index is 302. The van der Waals surface area contributed by atoms with E-state index in [-0.39, 0.29) is 6.61 Å². The molecule has 1 aromatic carbocycles. The highest BCUT2D eigenvalue weighted by molar-refractivity contribution is 5.56. The van der Waals surface area contributed by atoms with Gasteiger partial charge in [0.15, 0.2) is 0 Å². The van der Waals surface area contributed by atoms with E-state index in [1.165, 1.54) is 0 Å². The molecular weight excluding hydrogens is 202 g/mol. The summed E-state index contributed by atoms with van der Waals surface area (Å²) in [6, 6.07) is 8.28. The smallest absolute Gasteiger partial charge is 0.142 e. The Morgan fingerprint density at radius 2 is 2.12 bits per heavy atom. The summed E-state index contributed by atoms with van der Waals surface area (Å²) in [6.07, 6.45) is 1.78. The van der Waals surface area contributed by atoms with Gasteiger partial charge >= 0.3 is 0 Å². The van der Waals surface area contributed by atoms with Crippen LogP contribution in [0.1, 0.15) is 26.7 Å². The minimum Gasteiger partial charge on any atom is -0.492 e. The van der Waals surface area contributed by atoms with Gasteiger partial charge in [-0.1, -0.05) is 12.1 Å². The van der Waals surface area contributed by atoms with Crippen LogP contribution in [-0.2, 0) is 0 Å². The summed E-state index contributed by atoms with van der Waals surface area (Å²) in [5.74, 6) is 0.890. The molecule has 3 nitrogen and oxygen atoms in total. The van der Waals surface area contributed by atoms with Crippen molar-refractivity contribution < 1.29 is 9.84 Å². The average molecular weight is 223 g/mol. The predicted octanol–water partition coefficient (Wildman–Crippen LogP) is 2.66. The SMILES string of the molecule is CCOc1ccccc1NC(C)CCCO.